The van der Waals surface area contributed by atoms with Crippen LogP contribution >= 0.6 is 11.3 Å². The lowest BCUT2D eigenvalue weighted by Gasteiger charge is -2.15. The molecule has 0 aromatic carbocycles. The zero-order valence-electron chi connectivity index (χ0n) is 9.28. The molecule has 0 saturated heterocycles. The van der Waals surface area contributed by atoms with Crippen LogP contribution in [0.3, 0.4) is 0 Å². The summed E-state index contributed by atoms with van der Waals surface area (Å²) in [6.45, 7) is 0.0286. The van der Waals surface area contributed by atoms with Crippen molar-refractivity contribution in [3.63, 3.8) is 0 Å². The fourth-order valence-electron chi connectivity index (χ4n) is 0.877. The van der Waals surface area contributed by atoms with Gasteiger partial charge in [-0.2, -0.15) is 12.7 Å². The molecule has 1 rings (SSSR count). The number of aromatic nitrogens is 2. The Labute approximate surface area is 103 Å². The number of carbonyl (C=O) groups is 1. The van der Waals surface area contributed by atoms with Crippen LogP contribution < -0.4 is 4.72 Å². The van der Waals surface area contributed by atoms with Gasteiger partial charge < -0.3 is 4.74 Å². The predicted octanol–water partition coefficient (Wildman–Crippen LogP) is -0.310. The SMILES string of the molecule is COC(=O)CCN(C)S(=O)(=O)Nc1nncs1. The summed E-state index contributed by atoms with van der Waals surface area (Å²) in [4.78, 5) is 10.9. The van der Waals surface area contributed by atoms with E-state index in [1.54, 1.807) is 0 Å². The molecule has 0 fully saturated rings. The number of anilines is 1. The van der Waals surface area contributed by atoms with E-state index < -0.39 is 16.2 Å². The Bertz CT molecular complexity index is 458. The molecule has 17 heavy (non-hydrogen) atoms. The summed E-state index contributed by atoms with van der Waals surface area (Å²) < 4.78 is 31.1. The van der Waals surface area contributed by atoms with E-state index in [-0.39, 0.29) is 18.1 Å². The average molecular weight is 280 g/mol. The Morgan fingerprint density at radius 2 is 2.35 bits per heavy atom. The highest BCUT2D eigenvalue weighted by molar-refractivity contribution is 7.90. The van der Waals surface area contributed by atoms with Crippen molar-refractivity contribution in [1.29, 1.82) is 0 Å². The highest BCUT2D eigenvalue weighted by atomic mass is 32.2. The molecule has 0 atom stereocenters. The summed E-state index contributed by atoms with van der Waals surface area (Å²) in [5, 5.41) is 7.23. The second-order valence-corrected chi connectivity index (χ2v) is 5.61. The van der Waals surface area contributed by atoms with E-state index in [1.165, 1.54) is 19.7 Å². The summed E-state index contributed by atoms with van der Waals surface area (Å²) in [5.74, 6) is -0.469. The van der Waals surface area contributed by atoms with Crippen LogP contribution in [0.5, 0.6) is 0 Å². The largest absolute Gasteiger partial charge is 0.469 e. The molecule has 10 heteroatoms. The maximum atomic E-state index is 11.7. The summed E-state index contributed by atoms with van der Waals surface area (Å²) in [7, 11) is -1.10. The minimum atomic E-state index is -3.70. The molecule has 0 bridgehead atoms. The molecule has 0 aliphatic rings. The lowest BCUT2D eigenvalue weighted by atomic mass is 10.4. The van der Waals surface area contributed by atoms with Crippen LogP contribution in [0.1, 0.15) is 6.42 Å². The first kappa shape index (κ1) is 13.8. The van der Waals surface area contributed by atoms with Crippen LogP contribution in [0.25, 0.3) is 0 Å². The molecule has 1 aromatic rings. The molecule has 1 heterocycles. The molecule has 0 radical (unpaired) electrons. The lowest BCUT2D eigenvalue weighted by Crippen LogP contribution is -2.34. The molecule has 0 spiro atoms. The zero-order chi connectivity index (χ0) is 12.9. The molecule has 0 aliphatic heterocycles. The van der Waals surface area contributed by atoms with Gasteiger partial charge >= 0.3 is 16.2 Å². The molecule has 0 unspecified atom stereocenters. The third-order valence-electron chi connectivity index (χ3n) is 1.85. The standard InChI is InChI=1S/C7H12N4O4S2/c1-11(4-3-6(12)15-2)17(13,14)10-7-9-8-5-16-7/h5H,3-4H2,1-2H3,(H,9,10). The zero-order valence-corrected chi connectivity index (χ0v) is 10.9. The molecular formula is C7H12N4O4S2. The minimum absolute atomic E-state index is 0.00989. The van der Waals surface area contributed by atoms with Crippen LogP contribution in [0.15, 0.2) is 5.51 Å². The summed E-state index contributed by atoms with van der Waals surface area (Å²) in [5.41, 5.74) is 1.41. The molecule has 0 saturated carbocycles. The normalized spacial score (nSPS) is 11.5. The van der Waals surface area contributed by atoms with Gasteiger partial charge in [-0.1, -0.05) is 11.3 Å². The minimum Gasteiger partial charge on any atom is -0.469 e. The number of hydrogen-bond acceptors (Lipinski definition) is 7. The van der Waals surface area contributed by atoms with Crippen LogP contribution in [-0.2, 0) is 19.7 Å². The number of hydrogen-bond donors (Lipinski definition) is 1. The maximum Gasteiger partial charge on any atom is 0.306 e. The Kier molecular flexibility index (Phi) is 4.78. The number of nitrogens with one attached hydrogen (secondary N) is 1. The maximum absolute atomic E-state index is 11.7. The van der Waals surface area contributed by atoms with E-state index in [0.29, 0.717) is 0 Å². The van der Waals surface area contributed by atoms with E-state index in [4.69, 9.17) is 0 Å². The smallest absolute Gasteiger partial charge is 0.306 e. The van der Waals surface area contributed by atoms with Gasteiger partial charge in [0.05, 0.1) is 13.5 Å². The number of carbonyl (C=O) groups excluding carboxylic acids is 1. The molecule has 1 N–H and O–H groups in total. The number of methoxy groups -OCH3 is 1. The van der Waals surface area contributed by atoms with Gasteiger partial charge in [-0.3, -0.25) is 4.79 Å². The Morgan fingerprint density at radius 3 is 2.88 bits per heavy atom. The van der Waals surface area contributed by atoms with Crippen LogP contribution in [0.4, 0.5) is 5.13 Å². The van der Waals surface area contributed by atoms with Gasteiger partial charge in [-0.25, -0.2) is 4.72 Å². The highest BCUT2D eigenvalue weighted by Gasteiger charge is 2.19. The van der Waals surface area contributed by atoms with Crippen molar-refractivity contribution in [2.45, 2.75) is 6.42 Å². The number of rotatable bonds is 6. The first-order chi connectivity index (χ1) is 7.95. The number of ether oxygens (including phenoxy) is 1. The lowest BCUT2D eigenvalue weighted by molar-refractivity contribution is -0.140. The Morgan fingerprint density at radius 1 is 1.65 bits per heavy atom. The van der Waals surface area contributed by atoms with Crippen molar-refractivity contribution in [3.05, 3.63) is 5.51 Å². The number of esters is 1. The van der Waals surface area contributed by atoms with E-state index >= 15 is 0 Å². The van der Waals surface area contributed by atoms with Crippen molar-refractivity contribution in [1.82, 2.24) is 14.5 Å². The summed E-state index contributed by atoms with van der Waals surface area (Å²) >= 11 is 1.07. The van der Waals surface area contributed by atoms with E-state index in [2.05, 4.69) is 19.7 Å². The fraction of sp³-hybridized carbons (Fsp3) is 0.571. The molecular weight excluding hydrogens is 268 g/mol. The summed E-state index contributed by atoms with van der Waals surface area (Å²) in [6.07, 6.45) is -0.00989. The van der Waals surface area contributed by atoms with Gasteiger partial charge in [0.1, 0.15) is 5.51 Å². The Hall–Kier alpha value is -1.26. The van der Waals surface area contributed by atoms with Crippen LogP contribution in [-0.4, -0.2) is 49.6 Å². The van der Waals surface area contributed by atoms with Crippen LogP contribution in [0, 0.1) is 0 Å². The molecule has 0 aliphatic carbocycles. The second kappa shape index (κ2) is 5.89. The molecule has 8 nitrogen and oxygen atoms in total. The van der Waals surface area contributed by atoms with Gasteiger partial charge in [0.2, 0.25) is 5.13 Å². The first-order valence-corrected chi connectivity index (χ1v) is 6.84. The monoisotopic (exact) mass is 280 g/mol. The first-order valence-electron chi connectivity index (χ1n) is 4.53. The van der Waals surface area contributed by atoms with Crippen molar-refractivity contribution >= 4 is 32.6 Å². The number of nitrogens with zero attached hydrogens (tertiary/aromatic N) is 3. The van der Waals surface area contributed by atoms with E-state index in [0.717, 1.165) is 15.6 Å². The van der Waals surface area contributed by atoms with Crippen molar-refractivity contribution in [2.75, 3.05) is 25.4 Å². The van der Waals surface area contributed by atoms with Crippen LogP contribution in [0.2, 0.25) is 0 Å². The van der Waals surface area contributed by atoms with Gasteiger partial charge in [-0.05, 0) is 0 Å². The van der Waals surface area contributed by atoms with Gasteiger partial charge in [0.25, 0.3) is 0 Å². The molecule has 96 valence electrons. The van der Waals surface area contributed by atoms with Gasteiger partial charge in [-0.15, -0.1) is 10.2 Å². The van der Waals surface area contributed by atoms with Gasteiger partial charge in [0.15, 0.2) is 0 Å². The Balaban J connectivity index is 2.55. The third-order valence-corrected chi connectivity index (χ3v) is 4.04. The topological polar surface area (TPSA) is 101 Å². The van der Waals surface area contributed by atoms with Crippen molar-refractivity contribution in [3.8, 4) is 0 Å². The molecule has 0 amide bonds. The van der Waals surface area contributed by atoms with E-state index in [9.17, 15) is 13.2 Å². The average Bonchev–Trinajstić information content (AvgIpc) is 2.77. The fourth-order valence-corrected chi connectivity index (χ4v) is 2.42. The van der Waals surface area contributed by atoms with Crippen molar-refractivity contribution < 1.29 is 17.9 Å². The predicted molar refractivity (Wildman–Crippen MR) is 61.7 cm³/mol. The van der Waals surface area contributed by atoms with E-state index in [1.807, 2.05) is 0 Å². The van der Waals surface area contributed by atoms with Crippen molar-refractivity contribution in [2.24, 2.45) is 0 Å². The highest BCUT2D eigenvalue weighted by Crippen LogP contribution is 2.12. The second-order valence-electron chi connectivity index (χ2n) is 3.00. The van der Waals surface area contributed by atoms with Gasteiger partial charge in [0, 0.05) is 13.6 Å². The summed E-state index contributed by atoms with van der Waals surface area (Å²) in [6, 6.07) is 0. The molecule has 1 aromatic heterocycles. The quantitative estimate of drug-likeness (QED) is 0.717. The third kappa shape index (κ3) is 4.24.